The van der Waals surface area contributed by atoms with Gasteiger partial charge in [0.1, 0.15) is 0 Å². The van der Waals surface area contributed by atoms with E-state index in [0.717, 1.165) is 13.1 Å². The smallest absolute Gasteiger partial charge is 0.0370 e. The van der Waals surface area contributed by atoms with E-state index in [1.165, 1.54) is 71.0 Å². The van der Waals surface area contributed by atoms with E-state index in [1.807, 2.05) is 0 Å². The van der Waals surface area contributed by atoms with Gasteiger partial charge in [-0.1, -0.05) is 92.7 Å². The third kappa shape index (κ3) is 2.04. The van der Waals surface area contributed by atoms with Gasteiger partial charge in [-0.2, -0.15) is 0 Å². The van der Waals surface area contributed by atoms with Gasteiger partial charge in [-0.3, -0.25) is 0 Å². The van der Waals surface area contributed by atoms with Gasteiger partial charge in [-0.15, -0.1) is 0 Å². The number of rotatable bonds is 1. The van der Waals surface area contributed by atoms with Crippen molar-refractivity contribution in [3.8, 4) is 11.1 Å². The Morgan fingerprint density at radius 1 is 0.362 bits per heavy atom. The first-order valence-electron chi connectivity index (χ1n) is 21.5. The largest absolute Gasteiger partial charge is 0.370 e. The molecule has 1 aliphatic heterocycles. The molecule has 0 bridgehead atoms. The maximum absolute atomic E-state index is 2.79. The molecule has 2 unspecified atom stereocenters. The Hall–Kier alpha value is -6.70. The van der Waals surface area contributed by atoms with Crippen molar-refractivity contribution in [2.24, 2.45) is 0 Å². The Balaban J connectivity index is 1.01. The van der Waals surface area contributed by atoms with Crippen molar-refractivity contribution < 1.29 is 0 Å². The Morgan fingerprint density at radius 2 is 0.724 bits per heavy atom. The molecule has 20 rings (SSSR count). The predicted octanol–water partition coefficient (Wildman–Crippen LogP) is 15.1. The zero-order valence-corrected chi connectivity index (χ0v) is 31.7. The van der Waals surface area contributed by atoms with Gasteiger partial charge < -0.3 is 4.90 Å². The molecule has 260 valence electrons. The minimum Gasteiger partial charge on any atom is -0.370 e. The van der Waals surface area contributed by atoms with Crippen LogP contribution in [0.1, 0.15) is 47.9 Å². The molecule has 2 aliphatic carbocycles. The fourth-order valence-electron chi connectivity index (χ4n) is 16.4. The molecule has 2 atom stereocenters. The maximum Gasteiger partial charge on any atom is 0.0370 e. The molecular formula is C57H27N. The van der Waals surface area contributed by atoms with Crippen molar-refractivity contribution in [3.63, 3.8) is 0 Å². The summed E-state index contributed by atoms with van der Waals surface area (Å²) < 4.78 is 0. The van der Waals surface area contributed by atoms with E-state index in [0.29, 0.717) is 11.8 Å². The highest BCUT2D eigenvalue weighted by Crippen LogP contribution is 2.70. The lowest BCUT2D eigenvalue weighted by Gasteiger charge is -2.25. The van der Waals surface area contributed by atoms with E-state index < -0.39 is 0 Å². The summed E-state index contributed by atoms with van der Waals surface area (Å²) in [5.74, 6) is 0.867. The standard InChI is InChI=1S/C57H27N/c1-57(2)33-6-4-3-5-21(33)22-8-7-20(17-34(22)57)58-18-31-32(19-58)36-30-16-14-28-26-12-10-24-23-9-11-25-27-13-15-29-35(31)45-46(36)51-44(30)42(28)49-40(26)38(24)47-37(23)39(25)48-41(27)43(29)50(45)55-53(48)52(47)54(49)56(51)55/h3-17,31-32H,18-19H2,1-2H3. The van der Waals surface area contributed by atoms with Crippen LogP contribution in [0, 0.1) is 0 Å². The molecular weight excluding hydrogens is 699 g/mol. The molecule has 0 N–H and O–H groups in total. The lowest BCUT2D eigenvalue weighted by Crippen LogP contribution is -2.21. The van der Waals surface area contributed by atoms with Crippen molar-refractivity contribution in [1.82, 2.24) is 0 Å². The van der Waals surface area contributed by atoms with Crippen molar-refractivity contribution in [2.75, 3.05) is 18.0 Å². The van der Waals surface area contributed by atoms with Gasteiger partial charge in [0.25, 0.3) is 0 Å². The summed E-state index contributed by atoms with van der Waals surface area (Å²) in [6.07, 6.45) is 0. The van der Waals surface area contributed by atoms with E-state index in [-0.39, 0.29) is 5.41 Å². The fraction of sp³-hybridized carbons (Fsp3) is 0.123. The summed E-state index contributed by atoms with van der Waals surface area (Å²) in [5.41, 5.74) is 10.5. The summed E-state index contributed by atoms with van der Waals surface area (Å²) in [6, 6.07) is 36.8. The Kier molecular flexibility index (Phi) is 3.26. The molecule has 1 heteroatoms. The van der Waals surface area contributed by atoms with Gasteiger partial charge in [0.2, 0.25) is 0 Å². The monoisotopic (exact) mass is 725 g/mol. The third-order valence-electron chi connectivity index (χ3n) is 18.1. The second-order valence-corrected chi connectivity index (χ2v) is 20.0. The molecule has 1 fully saturated rings. The second kappa shape index (κ2) is 7.20. The highest BCUT2D eigenvalue weighted by atomic mass is 15.2. The number of anilines is 1. The van der Waals surface area contributed by atoms with Crippen molar-refractivity contribution >= 4 is 157 Å². The molecule has 0 amide bonds. The Bertz CT molecular complexity index is 4450. The minimum atomic E-state index is -0.0121. The molecule has 17 aromatic rings. The van der Waals surface area contributed by atoms with Gasteiger partial charge in [-0.25, -0.2) is 0 Å². The Labute approximate surface area is 328 Å². The van der Waals surface area contributed by atoms with Crippen LogP contribution in [0.4, 0.5) is 5.69 Å². The van der Waals surface area contributed by atoms with Crippen LogP contribution in [0.3, 0.4) is 0 Å². The quantitative estimate of drug-likeness (QED) is 0.152. The summed E-state index contributed by atoms with van der Waals surface area (Å²) in [6.45, 7) is 6.97. The second-order valence-electron chi connectivity index (χ2n) is 20.0. The first-order valence-corrected chi connectivity index (χ1v) is 21.5. The lowest BCUT2D eigenvalue weighted by atomic mass is 9.76. The van der Waals surface area contributed by atoms with E-state index in [2.05, 4.69) is 110 Å². The molecule has 0 radical (unpaired) electrons. The van der Waals surface area contributed by atoms with E-state index in [4.69, 9.17) is 0 Å². The molecule has 0 saturated carbocycles. The molecule has 0 aromatic heterocycles. The number of fused-ring (bicyclic) bond motifs is 11. The normalized spacial score (nSPS) is 19.9. The molecule has 1 saturated heterocycles. The van der Waals surface area contributed by atoms with Crippen molar-refractivity contribution in [2.45, 2.75) is 31.1 Å². The lowest BCUT2D eigenvalue weighted by molar-refractivity contribution is 0.660. The number of nitrogens with zero attached hydrogens (tertiary/aromatic N) is 1. The van der Waals surface area contributed by atoms with Gasteiger partial charge in [0.05, 0.1) is 0 Å². The van der Waals surface area contributed by atoms with Crippen LogP contribution in [0.25, 0.3) is 162 Å². The summed E-state index contributed by atoms with van der Waals surface area (Å²) >= 11 is 0. The molecule has 58 heavy (non-hydrogen) atoms. The van der Waals surface area contributed by atoms with E-state index in [1.54, 1.807) is 119 Å². The first-order chi connectivity index (χ1) is 28.6. The molecule has 0 spiro atoms. The van der Waals surface area contributed by atoms with E-state index in [9.17, 15) is 0 Å². The SMILES string of the molecule is CC1(C)c2ccccc2-c2ccc(N3CC4c5c6ccc7c8ccc9c%10ccc%11c%12ccc%13c(c%14c5c5c6c7c6c8c9c7c%10c%11c8c%12c%13c%14c9c5c6c7c89)C4C3)cc21. The van der Waals surface area contributed by atoms with Gasteiger partial charge in [0, 0.05) is 36.0 Å². The Morgan fingerprint density at radius 3 is 1.19 bits per heavy atom. The summed E-state index contributed by atoms with van der Waals surface area (Å²) in [5, 5.41) is 43.4. The molecule has 1 heterocycles. The zero-order chi connectivity index (χ0) is 36.5. The number of hydrogen-bond donors (Lipinski definition) is 0. The van der Waals surface area contributed by atoms with Gasteiger partial charge >= 0.3 is 0 Å². The molecule has 3 aliphatic rings. The predicted molar refractivity (Wildman–Crippen MR) is 247 cm³/mol. The topological polar surface area (TPSA) is 3.24 Å². The third-order valence-corrected chi connectivity index (χ3v) is 18.1. The van der Waals surface area contributed by atoms with Gasteiger partial charge in [0.15, 0.2) is 0 Å². The van der Waals surface area contributed by atoms with Crippen molar-refractivity contribution in [3.05, 3.63) is 113 Å². The molecule has 17 aromatic carbocycles. The van der Waals surface area contributed by atoms with Crippen molar-refractivity contribution in [1.29, 1.82) is 0 Å². The van der Waals surface area contributed by atoms with Crippen LogP contribution in [-0.2, 0) is 5.41 Å². The fourth-order valence-corrected chi connectivity index (χ4v) is 16.4. The average Bonchev–Trinajstić information content (AvgIpc) is 4.12. The van der Waals surface area contributed by atoms with Gasteiger partial charge in [-0.05, 0) is 196 Å². The van der Waals surface area contributed by atoms with Crippen LogP contribution in [-0.4, -0.2) is 13.1 Å². The van der Waals surface area contributed by atoms with Crippen LogP contribution in [0.2, 0.25) is 0 Å². The maximum atomic E-state index is 2.79. The minimum absolute atomic E-state index is 0.0121. The van der Waals surface area contributed by atoms with Crippen LogP contribution < -0.4 is 4.90 Å². The number of benzene rings is 11. The highest BCUT2D eigenvalue weighted by Gasteiger charge is 2.48. The van der Waals surface area contributed by atoms with Crippen LogP contribution in [0.5, 0.6) is 0 Å². The summed E-state index contributed by atoms with van der Waals surface area (Å²) in [4.78, 5) is 2.79. The van der Waals surface area contributed by atoms with Crippen LogP contribution >= 0.6 is 0 Å². The van der Waals surface area contributed by atoms with E-state index >= 15 is 0 Å². The number of hydrogen-bond acceptors (Lipinski definition) is 1. The molecule has 1 nitrogen and oxygen atoms in total. The highest BCUT2D eigenvalue weighted by molar-refractivity contribution is 6.69. The summed E-state index contributed by atoms with van der Waals surface area (Å²) in [7, 11) is 0. The average molecular weight is 726 g/mol. The van der Waals surface area contributed by atoms with Crippen LogP contribution in [0.15, 0.2) is 91.0 Å². The zero-order valence-electron chi connectivity index (χ0n) is 31.7. The first kappa shape index (κ1) is 26.3.